The molecule has 3 N–H and O–H groups in total. The number of nitrogens with zero attached hydrogens (tertiary/aromatic N) is 2. The number of alkyl carbamates (subject to hydrolysis) is 1. The van der Waals surface area contributed by atoms with Gasteiger partial charge in [-0.25, -0.2) is 9.78 Å². The zero-order valence-corrected chi connectivity index (χ0v) is 15.2. The summed E-state index contributed by atoms with van der Waals surface area (Å²) in [6, 6.07) is 9.35. The second kappa shape index (κ2) is 10.3. The molecule has 1 aromatic heterocycles. The Morgan fingerprint density at radius 3 is 2.59 bits per heavy atom. The largest absolute Gasteiger partial charge is 0.481 e. The number of aliphatic hydroxyl groups excluding tert-OH is 2. The summed E-state index contributed by atoms with van der Waals surface area (Å²) in [5, 5.41) is 23.0. The van der Waals surface area contributed by atoms with Crippen molar-refractivity contribution in [3.63, 3.8) is 0 Å². The number of methoxy groups -OCH3 is 2. The van der Waals surface area contributed by atoms with Crippen LogP contribution in [0.2, 0.25) is 0 Å². The standard InChI is InChI=1S/C18H23N3O6/c1-25-16-13(10-20-17(21-16)26-2)15(23)14(22)8-9-19-18(24)27-11-12-6-4-3-5-7-12/h3-7,10,14-15,22-23H,8-9,11H2,1-2H3,(H,19,24). The lowest BCUT2D eigenvalue weighted by atomic mass is 10.0. The van der Waals surface area contributed by atoms with E-state index in [4.69, 9.17) is 14.2 Å². The van der Waals surface area contributed by atoms with Crippen molar-refractivity contribution < 1.29 is 29.2 Å². The SMILES string of the molecule is COc1ncc(C(O)C(O)CCNC(=O)OCc2ccccc2)c(OC)n1. The zero-order chi connectivity index (χ0) is 19.6. The highest BCUT2D eigenvalue weighted by atomic mass is 16.5. The van der Waals surface area contributed by atoms with Crippen LogP contribution in [0, 0.1) is 0 Å². The third-order valence-corrected chi connectivity index (χ3v) is 3.74. The Morgan fingerprint density at radius 1 is 1.19 bits per heavy atom. The minimum atomic E-state index is -1.28. The van der Waals surface area contributed by atoms with Crippen molar-refractivity contribution in [3.05, 3.63) is 47.7 Å². The lowest BCUT2D eigenvalue weighted by Crippen LogP contribution is -2.30. The van der Waals surface area contributed by atoms with Crippen molar-refractivity contribution in [1.29, 1.82) is 0 Å². The summed E-state index contributed by atoms with van der Waals surface area (Å²) in [5.41, 5.74) is 1.09. The molecule has 2 unspecified atom stereocenters. The molecule has 146 valence electrons. The second-order valence-corrected chi connectivity index (χ2v) is 5.61. The first-order chi connectivity index (χ1) is 13.0. The highest BCUT2D eigenvalue weighted by molar-refractivity contribution is 5.67. The van der Waals surface area contributed by atoms with Gasteiger partial charge in [0.05, 0.1) is 25.9 Å². The molecule has 9 heteroatoms. The van der Waals surface area contributed by atoms with Crippen LogP contribution in [0.1, 0.15) is 23.7 Å². The smallest absolute Gasteiger partial charge is 0.407 e. The summed E-state index contributed by atoms with van der Waals surface area (Å²) in [6.45, 7) is 0.267. The molecule has 2 aromatic rings. The summed E-state index contributed by atoms with van der Waals surface area (Å²) in [4.78, 5) is 19.5. The van der Waals surface area contributed by atoms with Gasteiger partial charge < -0.3 is 29.7 Å². The third-order valence-electron chi connectivity index (χ3n) is 3.74. The number of nitrogens with one attached hydrogen (secondary N) is 1. The van der Waals surface area contributed by atoms with Crippen LogP contribution in [0.25, 0.3) is 0 Å². The van der Waals surface area contributed by atoms with E-state index in [2.05, 4.69) is 15.3 Å². The van der Waals surface area contributed by atoms with Gasteiger partial charge in [0.2, 0.25) is 5.88 Å². The minimum Gasteiger partial charge on any atom is -0.481 e. The van der Waals surface area contributed by atoms with Gasteiger partial charge in [0.25, 0.3) is 0 Å². The second-order valence-electron chi connectivity index (χ2n) is 5.61. The van der Waals surface area contributed by atoms with Crippen LogP contribution in [-0.4, -0.2) is 53.1 Å². The molecule has 0 spiro atoms. The van der Waals surface area contributed by atoms with Gasteiger partial charge >= 0.3 is 12.1 Å². The van der Waals surface area contributed by atoms with E-state index in [1.54, 1.807) is 0 Å². The Morgan fingerprint density at radius 2 is 1.93 bits per heavy atom. The maximum atomic E-state index is 11.7. The number of hydrogen-bond donors (Lipinski definition) is 3. The van der Waals surface area contributed by atoms with Crippen LogP contribution in [0.4, 0.5) is 4.79 Å². The molecule has 0 saturated heterocycles. The quantitative estimate of drug-likeness (QED) is 0.596. The zero-order valence-electron chi connectivity index (χ0n) is 15.2. The van der Waals surface area contributed by atoms with Gasteiger partial charge in [-0.2, -0.15) is 4.98 Å². The summed E-state index contributed by atoms with van der Waals surface area (Å²) in [7, 11) is 2.79. The van der Waals surface area contributed by atoms with Gasteiger partial charge in [-0.1, -0.05) is 30.3 Å². The molecular formula is C18H23N3O6. The molecule has 0 aliphatic rings. The van der Waals surface area contributed by atoms with Crippen LogP contribution in [0.15, 0.2) is 36.5 Å². The Labute approximate surface area is 156 Å². The first-order valence-corrected chi connectivity index (χ1v) is 8.30. The molecule has 1 amide bonds. The minimum absolute atomic E-state index is 0.0834. The van der Waals surface area contributed by atoms with Crippen molar-refractivity contribution in [2.24, 2.45) is 0 Å². The van der Waals surface area contributed by atoms with E-state index in [1.807, 2.05) is 30.3 Å². The maximum absolute atomic E-state index is 11.7. The number of hydrogen-bond acceptors (Lipinski definition) is 8. The summed E-state index contributed by atoms with van der Waals surface area (Å²) in [5.74, 6) is 0.101. The van der Waals surface area contributed by atoms with Crippen molar-refractivity contribution in [3.8, 4) is 11.9 Å². The number of amides is 1. The van der Waals surface area contributed by atoms with Crippen LogP contribution in [-0.2, 0) is 11.3 Å². The highest BCUT2D eigenvalue weighted by Gasteiger charge is 2.24. The molecular weight excluding hydrogens is 354 g/mol. The molecule has 9 nitrogen and oxygen atoms in total. The molecule has 2 rings (SSSR count). The van der Waals surface area contributed by atoms with E-state index in [9.17, 15) is 15.0 Å². The number of benzene rings is 1. The molecule has 27 heavy (non-hydrogen) atoms. The predicted molar refractivity (Wildman–Crippen MR) is 95.3 cm³/mol. The molecule has 2 atom stereocenters. The molecule has 0 saturated carbocycles. The monoisotopic (exact) mass is 377 g/mol. The Hall–Kier alpha value is -2.91. The lowest BCUT2D eigenvalue weighted by Gasteiger charge is -2.19. The van der Waals surface area contributed by atoms with Crippen molar-refractivity contribution in [2.45, 2.75) is 25.2 Å². The third kappa shape index (κ3) is 6.08. The van der Waals surface area contributed by atoms with Gasteiger partial charge in [0, 0.05) is 12.7 Å². The molecule has 0 fully saturated rings. The number of aliphatic hydroxyl groups is 2. The maximum Gasteiger partial charge on any atom is 0.407 e. The Balaban J connectivity index is 1.79. The van der Waals surface area contributed by atoms with Gasteiger partial charge in [-0.05, 0) is 12.0 Å². The summed E-state index contributed by atoms with van der Waals surface area (Å²) < 4.78 is 15.0. The van der Waals surface area contributed by atoms with Gasteiger partial charge in [0.15, 0.2) is 0 Å². The molecule has 0 bridgehead atoms. The first-order valence-electron chi connectivity index (χ1n) is 8.30. The van der Waals surface area contributed by atoms with Gasteiger partial charge in [-0.15, -0.1) is 0 Å². The van der Waals surface area contributed by atoms with Gasteiger partial charge in [-0.3, -0.25) is 0 Å². The summed E-state index contributed by atoms with van der Waals surface area (Å²) in [6.07, 6.45) is -1.64. The molecule has 1 heterocycles. The van der Waals surface area contributed by atoms with Crippen LogP contribution in [0.5, 0.6) is 11.9 Å². The Bertz CT molecular complexity index is 728. The molecule has 1 aromatic carbocycles. The number of ether oxygens (including phenoxy) is 3. The first kappa shape index (κ1) is 20.4. The fourth-order valence-corrected chi connectivity index (χ4v) is 2.29. The average molecular weight is 377 g/mol. The van der Waals surface area contributed by atoms with Crippen LogP contribution >= 0.6 is 0 Å². The fraction of sp³-hybridized carbons (Fsp3) is 0.389. The average Bonchev–Trinajstić information content (AvgIpc) is 2.71. The van der Waals surface area contributed by atoms with E-state index < -0.39 is 18.3 Å². The topological polar surface area (TPSA) is 123 Å². The van der Waals surface area contributed by atoms with Crippen LogP contribution in [0.3, 0.4) is 0 Å². The number of carbonyl (C=O) groups is 1. The number of rotatable bonds is 9. The normalized spacial score (nSPS) is 12.7. The highest BCUT2D eigenvalue weighted by Crippen LogP contribution is 2.27. The fourth-order valence-electron chi connectivity index (χ4n) is 2.29. The van der Waals surface area contributed by atoms with Gasteiger partial charge in [0.1, 0.15) is 12.7 Å². The number of carbonyl (C=O) groups excluding carboxylic acids is 1. The molecule has 0 aliphatic heterocycles. The Kier molecular flexibility index (Phi) is 7.78. The van der Waals surface area contributed by atoms with E-state index in [0.29, 0.717) is 0 Å². The predicted octanol–water partition coefficient (Wildman–Crippen LogP) is 1.20. The van der Waals surface area contributed by atoms with E-state index in [1.165, 1.54) is 20.4 Å². The summed E-state index contributed by atoms with van der Waals surface area (Å²) >= 11 is 0. The van der Waals surface area contributed by atoms with Crippen molar-refractivity contribution >= 4 is 6.09 Å². The van der Waals surface area contributed by atoms with E-state index in [0.717, 1.165) is 5.56 Å². The lowest BCUT2D eigenvalue weighted by molar-refractivity contribution is 0.0116. The van der Waals surface area contributed by atoms with Crippen LogP contribution < -0.4 is 14.8 Å². The molecule has 0 aliphatic carbocycles. The van der Waals surface area contributed by atoms with E-state index >= 15 is 0 Å². The van der Waals surface area contributed by atoms with Crippen molar-refractivity contribution in [2.75, 3.05) is 20.8 Å². The molecule has 0 radical (unpaired) electrons. The van der Waals surface area contributed by atoms with Crippen molar-refractivity contribution in [1.82, 2.24) is 15.3 Å². The van der Waals surface area contributed by atoms with E-state index in [-0.39, 0.29) is 37.0 Å². The number of aromatic nitrogens is 2.